The largest absolute Gasteiger partial charge is 0.480 e. The smallest absolute Gasteiger partial charge is 0.469 e. The van der Waals surface area contributed by atoms with E-state index in [0.717, 1.165) is 38.5 Å². The van der Waals surface area contributed by atoms with Crippen molar-refractivity contribution in [3.8, 4) is 0 Å². The zero-order valence-corrected chi connectivity index (χ0v) is 32.6. The average molecular weight is 736 g/mol. The summed E-state index contributed by atoms with van der Waals surface area (Å²) in [6, 6.07) is -1.47. The number of unbranched alkanes of at least 4 members (excludes halogenated alkanes) is 24. The first-order chi connectivity index (χ1) is 24.1. The van der Waals surface area contributed by atoms with E-state index < -0.39 is 44.5 Å². The maximum Gasteiger partial charge on any atom is 0.469 e. The number of carboxylic acids is 1. The third-order valence-corrected chi connectivity index (χ3v) is 9.48. The highest BCUT2D eigenvalue weighted by atomic mass is 31.2. The van der Waals surface area contributed by atoms with Gasteiger partial charge < -0.3 is 24.4 Å². The number of carboxylic acid groups (broad SMARTS) is 1. The van der Waals surface area contributed by atoms with Gasteiger partial charge >= 0.3 is 25.7 Å². The molecule has 0 aliphatic carbocycles. The van der Waals surface area contributed by atoms with Crippen LogP contribution in [-0.4, -0.2) is 64.7 Å². The van der Waals surface area contributed by atoms with Crippen molar-refractivity contribution in [2.45, 2.75) is 206 Å². The molecule has 296 valence electrons. The average Bonchev–Trinajstić information content (AvgIpc) is 3.07. The number of hydrogen-bond donors (Lipinski definition) is 4. The van der Waals surface area contributed by atoms with Gasteiger partial charge in [0, 0.05) is 19.4 Å². The highest BCUT2D eigenvalue weighted by Gasteiger charge is 2.25. The second-order valence-corrected chi connectivity index (χ2v) is 15.1. The topological polar surface area (TPSA) is 169 Å². The van der Waals surface area contributed by atoms with Crippen molar-refractivity contribution < 1.29 is 47.8 Å². The Kier molecular flexibility index (Phi) is 33.5. The van der Waals surface area contributed by atoms with E-state index in [1.54, 1.807) is 0 Å². The maximum atomic E-state index is 12.6. The number of phosphoric acid groups is 1. The minimum atomic E-state index is -4.88. The van der Waals surface area contributed by atoms with Crippen LogP contribution in [0.3, 0.4) is 0 Å². The van der Waals surface area contributed by atoms with Gasteiger partial charge in [-0.1, -0.05) is 168 Å². The van der Waals surface area contributed by atoms with Crippen LogP contribution in [0.25, 0.3) is 0 Å². The summed E-state index contributed by atoms with van der Waals surface area (Å²) in [7, 11) is -4.88. The van der Waals surface area contributed by atoms with E-state index in [2.05, 4.69) is 23.7 Å². The van der Waals surface area contributed by atoms with E-state index in [0.29, 0.717) is 12.8 Å². The molecule has 0 radical (unpaired) electrons. The van der Waals surface area contributed by atoms with E-state index in [-0.39, 0.29) is 26.0 Å². The molecule has 0 aromatic heterocycles. The van der Waals surface area contributed by atoms with Crippen molar-refractivity contribution in [1.29, 1.82) is 0 Å². The molecule has 1 unspecified atom stereocenters. The zero-order chi connectivity index (χ0) is 37.1. The maximum absolute atomic E-state index is 12.6. The first-order valence-corrected chi connectivity index (χ1v) is 21.6. The Bertz CT molecular complexity index is 869. The number of rotatable bonds is 38. The third kappa shape index (κ3) is 34.9. The Balaban J connectivity index is 4.42. The van der Waals surface area contributed by atoms with E-state index in [4.69, 9.17) is 19.3 Å². The lowest BCUT2D eigenvalue weighted by atomic mass is 10.0. The molecule has 0 bridgehead atoms. The molecular weight excluding hydrogens is 661 g/mol. The van der Waals surface area contributed by atoms with Crippen LogP contribution in [-0.2, 0) is 32.9 Å². The molecule has 4 N–H and O–H groups in total. The van der Waals surface area contributed by atoms with Crippen LogP contribution in [0.4, 0.5) is 0 Å². The molecule has 50 heavy (non-hydrogen) atoms. The highest BCUT2D eigenvalue weighted by molar-refractivity contribution is 7.46. The van der Waals surface area contributed by atoms with Crippen LogP contribution >= 0.6 is 7.82 Å². The SMILES string of the molecule is CCCCCCCCCCCCCCCC(=O)OCC(CN[C@@H](COP(=O)(O)O)C(=O)O)OC(=O)CCCCCCCCCCCCCCC. The molecule has 0 rings (SSSR count). The monoisotopic (exact) mass is 736 g/mol. The minimum Gasteiger partial charge on any atom is -0.480 e. The Morgan fingerprint density at radius 2 is 0.920 bits per heavy atom. The lowest BCUT2D eigenvalue weighted by molar-refractivity contribution is -0.159. The fourth-order valence-corrected chi connectivity index (χ4v) is 6.22. The number of esters is 2. The van der Waals surface area contributed by atoms with Gasteiger partial charge in [0.1, 0.15) is 18.8 Å². The van der Waals surface area contributed by atoms with Crippen molar-refractivity contribution in [1.82, 2.24) is 5.32 Å². The van der Waals surface area contributed by atoms with Crippen LogP contribution in [0.15, 0.2) is 0 Å². The summed E-state index contributed by atoms with van der Waals surface area (Å²) >= 11 is 0. The highest BCUT2D eigenvalue weighted by Crippen LogP contribution is 2.35. The fraction of sp³-hybridized carbons (Fsp3) is 0.921. The fourth-order valence-electron chi connectivity index (χ4n) is 5.87. The molecule has 0 spiro atoms. The van der Waals surface area contributed by atoms with E-state index in [1.807, 2.05) is 0 Å². The van der Waals surface area contributed by atoms with Crippen LogP contribution < -0.4 is 5.32 Å². The molecule has 0 saturated heterocycles. The molecule has 0 aromatic carbocycles. The van der Waals surface area contributed by atoms with Gasteiger partial charge in [-0.15, -0.1) is 0 Å². The Hall–Kier alpha value is -1.52. The van der Waals surface area contributed by atoms with Crippen LogP contribution in [0, 0.1) is 0 Å². The standard InChI is InChI=1S/C38H74NO10P/c1-3-5-7-9-11-13-15-17-19-21-23-25-27-29-36(40)47-32-34(31-39-35(38(42)43)33-48-50(44,45)46)49-37(41)30-28-26-24-22-20-18-16-14-12-10-8-6-4-2/h34-35,39H,3-33H2,1-2H3,(H,42,43)(H2,44,45,46)/t34?,35-/m0/s1. The molecule has 12 heteroatoms. The van der Waals surface area contributed by atoms with Gasteiger partial charge in [0.15, 0.2) is 0 Å². The number of nitrogens with one attached hydrogen (secondary N) is 1. The van der Waals surface area contributed by atoms with Gasteiger partial charge in [0.2, 0.25) is 0 Å². The second kappa shape index (κ2) is 34.6. The van der Waals surface area contributed by atoms with Crippen LogP contribution in [0.5, 0.6) is 0 Å². The summed E-state index contributed by atoms with van der Waals surface area (Å²) in [5.74, 6) is -2.27. The lowest BCUT2D eigenvalue weighted by Gasteiger charge is -2.21. The third-order valence-electron chi connectivity index (χ3n) is 9.00. The molecule has 0 aliphatic rings. The van der Waals surface area contributed by atoms with Gasteiger partial charge in [-0.05, 0) is 12.8 Å². The summed E-state index contributed by atoms with van der Waals surface area (Å²) in [5.41, 5.74) is 0. The van der Waals surface area contributed by atoms with Crippen LogP contribution in [0.2, 0.25) is 0 Å². The summed E-state index contributed by atoms with van der Waals surface area (Å²) in [5, 5.41) is 12.0. The quantitative estimate of drug-likeness (QED) is 0.0271. The molecule has 0 amide bonds. The van der Waals surface area contributed by atoms with Crippen LogP contribution in [0.1, 0.15) is 194 Å². The van der Waals surface area contributed by atoms with Crippen molar-refractivity contribution in [3.63, 3.8) is 0 Å². The molecule has 11 nitrogen and oxygen atoms in total. The molecule has 0 heterocycles. The summed E-state index contributed by atoms with van der Waals surface area (Å²) in [4.78, 5) is 54.5. The van der Waals surface area contributed by atoms with Crippen molar-refractivity contribution >= 4 is 25.7 Å². The van der Waals surface area contributed by atoms with Gasteiger partial charge in [0.05, 0.1) is 6.61 Å². The molecule has 0 aliphatic heterocycles. The lowest BCUT2D eigenvalue weighted by Crippen LogP contribution is -2.46. The first-order valence-electron chi connectivity index (χ1n) is 20.1. The van der Waals surface area contributed by atoms with E-state index >= 15 is 0 Å². The van der Waals surface area contributed by atoms with Crippen molar-refractivity contribution in [2.75, 3.05) is 19.8 Å². The molecular formula is C38H74NO10P. The van der Waals surface area contributed by atoms with Gasteiger partial charge in [0.25, 0.3) is 0 Å². The normalized spacial score (nSPS) is 12.9. The number of phosphoric ester groups is 1. The van der Waals surface area contributed by atoms with E-state index in [1.165, 1.54) is 116 Å². The molecule has 0 aromatic rings. The summed E-state index contributed by atoms with van der Waals surface area (Å²) < 4.78 is 26.3. The second-order valence-electron chi connectivity index (χ2n) is 13.9. The molecule has 2 atom stereocenters. The first kappa shape index (κ1) is 48.5. The van der Waals surface area contributed by atoms with Crippen molar-refractivity contribution in [2.24, 2.45) is 0 Å². The number of ether oxygens (including phenoxy) is 2. The predicted octanol–water partition coefficient (Wildman–Crippen LogP) is 9.56. The Morgan fingerprint density at radius 1 is 0.560 bits per heavy atom. The number of carbonyl (C=O) groups excluding carboxylic acids is 2. The predicted molar refractivity (Wildman–Crippen MR) is 199 cm³/mol. The number of hydrogen-bond acceptors (Lipinski definition) is 8. The zero-order valence-electron chi connectivity index (χ0n) is 31.7. The van der Waals surface area contributed by atoms with Gasteiger partial charge in [-0.25, -0.2) is 4.57 Å². The Morgan fingerprint density at radius 3 is 1.28 bits per heavy atom. The van der Waals surface area contributed by atoms with Gasteiger partial charge in [-0.2, -0.15) is 0 Å². The minimum absolute atomic E-state index is 0.197. The van der Waals surface area contributed by atoms with Crippen molar-refractivity contribution in [3.05, 3.63) is 0 Å². The molecule has 0 fully saturated rings. The summed E-state index contributed by atoms with van der Waals surface area (Å²) in [6.07, 6.45) is 30.5. The van der Waals surface area contributed by atoms with E-state index in [9.17, 15) is 24.1 Å². The van der Waals surface area contributed by atoms with Gasteiger partial charge in [-0.3, -0.25) is 24.2 Å². The Labute approximate surface area is 304 Å². The molecule has 0 saturated carbocycles. The number of aliphatic carboxylic acids is 1. The number of carbonyl (C=O) groups is 3. The summed E-state index contributed by atoms with van der Waals surface area (Å²) in [6.45, 7) is 3.23.